The quantitative estimate of drug-likeness (QED) is 0.613. The van der Waals surface area contributed by atoms with Gasteiger partial charge in [0.2, 0.25) is 5.91 Å². The average Bonchev–Trinajstić information content (AvgIpc) is 2.67. The average molecular weight is 356 g/mol. The molecule has 0 aromatic heterocycles. The minimum atomic E-state index is -0.486. The molecule has 5 heteroatoms. The van der Waals surface area contributed by atoms with Crippen molar-refractivity contribution in [2.24, 2.45) is 0 Å². The summed E-state index contributed by atoms with van der Waals surface area (Å²) in [4.78, 5) is 13.3. The Bertz CT molecular complexity index is 748. The van der Waals surface area contributed by atoms with Crippen LogP contribution >= 0.6 is 11.8 Å². The highest BCUT2D eigenvalue weighted by molar-refractivity contribution is 8.00. The van der Waals surface area contributed by atoms with Gasteiger partial charge in [-0.2, -0.15) is 0 Å². The number of thioether (sulfide) groups is 1. The van der Waals surface area contributed by atoms with Gasteiger partial charge in [-0.05, 0) is 30.7 Å². The Hall–Kier alpha value is -2.11. The van der Waals surface area contributed by atoms with E-state index in [1.807, 2.05) is 30.3 Å². The lowest BCUT2D eigenvalue weighted by molar-refractivity contribution is -0.120. The number of amides is 1. The summed E-state index contributed by atoms with van der Waals surface area (Å²) in [5.41, 5.74) is 2.10. The molecule has 0 spiro atoms. The number of hydrogen-bond donors (Lipinski definition) is 2. The molecule has 0 fully saturated rings. The highest BCUT2D eigenvalue weighted by atomic mass is 32.2. The molecule has 1 unspecified atom stereocenters. The predicted molar refractivity (Wildman–Crippen MR) is 100 cm³/mol. The molecular weight excluding hydrogens is 335 g/mol. The van der Waals surface area contributed by atoms with Gasteiger partial charge in [0.15, 0.2) is 0 Å². The van der Waals surface area contributed by atoms with Crippen LogP contribution in [0.2, 0.25) is 0 Å². The summed E-state index contributed by atoms with van der Waals surface area (Å²) in [6.45, 7) is 2.33. The molecular formula is C20H21FN2OS. The van der Waals surface area contributed by atoms with Crippen molar-refractivity contribution >= 4 is 17.7 Å². The summed E-state index contributed by atoms with van der Waals surface area (Å²) in [6, 6.07) is 16.1. The Kier molecular flexibility index (Phi) is 6.25. The molecule has 2 N–H and O–H groups in total. The molecule has 0 bridgehead atoms. The van der Waals surface area contributed by atoms with Gasteiger partial charge in [0.05, 0.1) is 0 Å². The van der Waals surface area contributed by atoms with Crippen LogP contribution in [-0.2, 0) is 4.79 Å². The molecule has 2 aromatic rings. The molecule has 1 atom stereocenters. The third-order valence-electron chi connectivity index (χ3n) is 4.07. The van der Waals surface area contributed by atoms with Crippen LogP contribution in [0.5, 0.6) is 0 Å². The summed E-state index contributed by atoms with van der Waals surface area (Å²) >= 11 is 1.24. The van der Waals surface area contributed by atoms with Gasteiger partial charge in [-0.15, -0.1) is 11.8 Å². The molecule has 2 aromatic carbocycles. The molecule has 3 nitrogen and oxygen atoms in total. The summed E-state index contributed by atoms with van der Waals surface area (Å²) in [6.07, 6.45) is 3.06. The van der Waals surface area contributed by atoms with Crippen molar-refractivity contribution in [3.63, 3.8) is 0 Å². The fourth-order valence-electron chi connectivity index (χ4n) is 2.69. The van der Waals surface area contributed by atoms with E-state index in [1.54, 1.807) is 18.2 Å². The number of benzene rings is 2. The van der Waals surface area contributed by atoms with Gasteiger partial charge in [0.1, 0.15) is 11.1 Å². The lowest BCUT2D eigenvalue weighted by Gasteiger charge is -2.19. The van der Waals surface area contributed by atoms with Crippen molar-refractivity contribution in [3.8, 4) is 0 Å². The van der Waals surface area contributed by atoms with E-state index in [0.717, 1.165) is 25.1 Å². The van der Waals surface area contributed by atoms with E-state index >= 15 is 0 Å². The number of nitrogens with one attached hydrogen (secondary N) is 2. The van der Waals surface area contributed by atoms with Crippen molar-refractivity contribution in [1.29, 1.82) is 0 Å². The number of carbonyl (C=O) groups is 1. The molecule has 0 saturated heterocycles. The number of carbonyl (C=O) groups excluding carboxylic acids is 1. The fourth-order valence-corrected chi connectivity index (χ4v) is 3.77. The van der Waals surface area contributed by atoms with Crippen LogP contribution in [0.4, 0.5) is 4.39 Å². The third-order valence-corrected chi connectivity index (χ3v) is 5.38. The second-order valence-corrected chi connectivity index (χ2v) is 7.02. The molecule has 1 heterocycles. The maximum atomic E-state index is 14.0. The zero-order chi connectivity index (χ0) is 17.5. The Morgan fingerprint density at radius 3 is 2.64 bits per heavy atom. The normalized spacial score (nSPS) is 15.3. The Morgan fingerprint density at radius 1 is 1.16 bits per heavy atom. The first kappa shape index (κ1) is 17.7. The van der Waals surface area contributed by atoms with Crippen LogP contribution in [0.1, 0.15) is 17.2 Å². The minimum absolute atomic E-state index is 0.0983. The first-order chi connectivity index (χ1) is 12.2. The number of hydrogen-bond acceptors (Lipinski definition) is 3. The molecule has 1 aliphatic rings. The van der Waals surface area contributed by atoms with Crippen molar-refractivity contribution in [2.75, 3.05) is 19.6 Å². The highest BCUT2D eigenvalue weighted by Crippen LogP contribution is 2.36. The molecule has 25 heavy (non-hydrogen) atoms. The van der Waals surface area contributed by atoms with E-state index in [2.05, 4.69) is 16.7 Å². The maximum Gasteiger partial charge on any atom is 0.238 e. The Morgan fingerprint density at radius 2 is 1.92 bits per heavy atom. The van der Waals surface area contributed by atoms with Gasteiger partial charge in [0.25, 0.3) is 0 Å². The second-order valence-electron chi connectivity index (χ2n) is 5.87. The van der Waals surface area contributed by atoms with E-state index in [1.165, 1.54) is 23.4 Å². The minimum Gasteiger partial charge on any atom is -0.351 e. The highest BCUT2D eigenvalue weighted by Gasteiger charge is 2.23. The standard InChI is InChI=1S/C20H21FN2OS/c21-17-8-4-5-9-18(17)25-19(16-6-2-1-3-7-16)20(24)23-14-15-10-12-22-13-11-15/h1-10,19,22H,11-14H2,(H,23,24). The van der Waals surface area contributed by atoms with Crippen molar-refractivity contribution < 1.29 is 9.18 Å². The smallest absolute Gasteiger partial charge is 0.238 e. The SMILES string of the molecule is O=C(NCC1=CCNCC1)C(Sc1ccccc1F)c1ccccc1. The number of halogens is 1. The van der Waals surface area contributed by atoms with Crippen molar-refractivity contribution in [2.45, 2.75) is 16.6 Å². The van der Waals surface area contributed by atoms with Gasteiger partial charge in [0, 0.05) is 18.0 Å². The lowest BCUT2D eigenvalue weighted by atomic mass is 10.1. The Labute approximate surface area is 151 Å². The maximum absolute atomic E-state index is 14.0. The third kappa shape index (κ3) is 4.94. The van der Waals surface area contributed by atoms with Crippen LogP contribution in [0.15, 0.2) is 71.1 Å². The molecule has 130 valence electrons. The van der Waals surface area contributed by atoms with Crippen molar-refractivity contribution in [3.05, 3.63) is 77.6 Å². The van der Waals surface area contributed by atoms with E-state index in [0.29, 0.717) is 11.4 Å². The van der Waals surface area contributed by atoms with E-state index in [4.69, 9.17) is 0 Å². The molecule has 1 amide bonds. The predicted octanol–water partition coefficient (Wildman–Crippen LogP) is 3.70. The van der Waals surface area contributed by atoms with Gasteiger partial charge >= 0.3 is 0 Å². The van der Waals surface area contributed by atoms with Gasteiger partial charge < -0.3 is 10.6 Å². The van der Waals surface area contributed by atoms with Crippen LogP contribution < -0.4 is 10.6 Å². The van der Waals surface area contributed by atoms with E-state index in [-0.39, 0.29) is 11.7 Å². The molecule has 0 saturated carbocycles. The largest absolute Gasteiger partial charge is 0.351 e. The molecule has 1 aliphatic heterocycles. The molecule has 0 aliphatic carbocycles. The van der Waals surface area contributed by atoms with E-state index < -0.39 is 5.25 Å². The van der Waals surface area contributed by atoms with Crippen LogP contribution in [-0.4, -0.2) is 25.5 Å². The van der Waals surface area contributed by atoms with Gasteiger partial charge in [-0.3, -0.25) is 4.79 Å². The van der Waals surface area contributed by atoms with E-state index in [9.17, 15) is 9.18 Å². The fraction of sp³-hybridized carbons (Fsp3) is 0.250. The summed E-state index contributed by atoms with van der Waals surface area (Å²) in [5.74, 6) is -0.402. The topological polar surface area (TPSA) is 41.1 Å². The Balaban J connectivity index is 1.75. The molecule has 0 radical (unpaired) electrons. The van der Waals surface area contributed by atoms with Crippen LogP contribution in [0.3, 0.4) is 0 Å². The first-order valence-corrected chi connectivity index (χ1v) is 9.24. The summed E-state index contributed by atoms with van der Waals surface area (Å²) in [5, 5.41) is 5.78. The zero-order valence-corrected chi connectivity index (χ0v) is 14.7. The zero-order valence-electron chi connectivity index (χ0n) is 13.9. The van der Waals surface area contributed by atoms with Crippen LogP contribution in [0, 0.1) is 5.82 Å². The summed E-state index contributed by atoms with van der Waals surface area (Å²) in [7, 11) is 0. The summed E-state index contributed by atoms with van der Waals surface area (Å²) < 4.78 is 14.0. The lowest BCUT2D eigenvalue weighted by Crippen LogP contribution is -2.32. The number of rotatable bonds is 6. The van der Waals surface area contributed by atoms with Crippen LogP contribution in [0.25, 0.3) is 0 Å². The van der Waals surface area contributed by atoms with Crippen molar-refractivity contribution in [1.82, 2.24) is 10.6 Å². The van der Waals surface area contributed by atoms with Gasteiger partial charge in [-0.25, -0.2) is 4.39 Å². The van der Waals surface area contributed by atoms with Gasteiger partial charge in [-0.1, -0.05) is 54.1 Å². The first-order valence-electron chi connectivity index (χ1n) is 8.36. The monoisotopic (exact) mass is 356 g/mol. The molecule has 3 rings (SSSR count). The second kappa shape index (κ2) is 8.83.